The fourth-order valence-corrected chi connectivity index (χ4v) is 3.33. The summed E-state index contributed by atoms with van der Waals surface area (Å²) in [5.74, 6) is 0.154. The van der Waals surface area contributed by atoms with Gasteiger partial charge >= 0.3 is 0 Å². The van der Waals surface area contributed by atoms with Crippen molar-refractivity contribution in [3.05, 3.63) is 29.3 Å². The quantitative estimate of drug-likeness (QED) is 0.761. The Morgan fingerprint density at radius 3 is 2.61 bits per heavy atom. The van der Waals surface area contributed by atoms with Crippen LogP contribution in [0.2, 0.25) is 0 Å². The Balaban J connectivity index is 2.09. The van der Waals surface area contributed by atoms with Crippen LogP contribution in [-0.4, -0.2) is 11.7 Å². The zero-order chi connectivity index (χ0) is 12.8. The van der Waals surface area contributed by atoms with E-state index in [1.54, 1.807) is 0 Å². The van der Waals surface area contributed by atoms with Crippen LogP contribution in [0.4, 0.5) is 5.69 Å². The predicted octanol–water partition coefficient (Wildman–Crippen LogP) is 3.08. The molecule has 1 aliphatic heterocycles. The van der Waals surface area contributed by atoms with Crippen molar-refractivity contribution in [1.82, 2.24) is 0 Å². The fraction of sp³-hybridized carbons (Fsp3) is 0.467. The van der Waals surface area contributed by atoms with Crippen LogP contribution in [0.15, 0.2) is 18.2 Å². The highest BCUT2D eigenvalue weighted by molar-refractivity contribution is 6.12. The number of ketones is 1. The molecule has 0 bridgehead atoms. The van der Waals surface area contributed by atoms with E-state index >= 15 is 0 Å². The lowest BCUT2D eigenvalue weighted by atomic mass is 9.80. The molecule has 1 aromatic rings. The summed E-state index contributed by atoms with van der Waals surface area (Å²) in [4.78, 5) is 24.8. The van der Waals surface area contributed by atoms with E-state index in [1.165, 1.54) is 0 Å². The highest BCUT2D eigenvalue weighted by Gasteiger charge is 2.45. The highest BCUT2D eigenvalue weighted by Crippen LogP contribution is 2.45. The molecule has 1 aromatic carbocycles. The molecule has 18 heavy (non-hydrogen) atoms. The van der Waals surface area contributed by atoms with E-state index in [9.17, 15) is 9.59 Å². The van der Waals surface area contributed by atoms with Crippen molar-refractivity contribution in [3.8, 4) is 0 Å². The van der Waals surface area contributed by atoms with Crippen molar-refractivity contribution in [2.24, 2.45) is 5.41 Å². The summed E-state index contributed by atoms with van der Waals surface area (Å²) in [6, 6.07) is 5.63. The van der Waals surface area contributed by atoms with Gasteiger partial charge in [-0.15, -0.1) is 0 Å². The summed E-state index contributed by atoms with van der Waals surface area (Å²) < 4.78 is 0. The SMILES string of the molecule is Cc1cccc2c1C(=O)CC1(CCCC1)C(=O)N2. The van der Waals surface area contributed by atoms with E-state index < -0.39 is 5.41 Å². The van der Waals surface area contributed by atoms with Crippen LogP contribution >= 0.6 is 0 Å². The van der Waals surface area contributed by atoms with Crippen molar-refractivity contribution in [3.63, 3.8) is 0 Å². The summed E-state index contributed by atoms with van der Waals surface area (Å²) in [6.45, 7) is 1.93. The summed E-state index contributed by atoms with van der Waals surface area (Å²) in [6.07, 6.45) is 4.16. The molecule has 3 rings (SSSR count). The fourth-order valence-electron chi connectivity index (χ4n) is 3.33. The first-order chi connectivity index (χ1) is 8.62. The molecule has 0 radical (unpaired) electrons. The lowest BCUT2D eigenvalue weighted by molar-refractivity contribution is -0.125. The zero-order valence-electron chi connectivity index (χ0n) is 10.6. The zero-order valence-corrected chi connectivity index (χ0v) is 10.6. The molecule has 0 atom stereocenters. The van der Waals surface area contributed by atoms with Crippen molar-refractivity contribution >= 4 is 17.4 Å². The Kier molecular flexibility index (Phi) is 2.51. The number of hydrogen-bond donors (Lipinski definition) is 1. The van der Waals surface area contributed by atoms with Gasteiger partial charge < -0.3 is 5.32 Å². The highest BCUT2D eigenvalue weighted by atomic mass is 16.2. The number of aryl methyl sites for hydroxylation is 1. The number of rotatable bonds is 0. The first-order valence-electron chi connectivity index (χ1n) is 6.57. The van der Waals surface area contributed by atoms with Gasteiger partial charge in [0.2, 0.25) is 5.91 Å². The Bertz CT molecular complexity index is 527. The van der Waals surface area contributed by atoms with Crippen LogP contribution in [0, 0.1) is 12.3 Å². The molecule has 0 saturated heterocycles. The van der Waals surface area contributed by atoms with E-state index in [-0.39, 0.29) is 11.7 Å². The molecular weight excluding hydrogens is 226 g/mol. The third-order valence-corrected chi connectivity index (χ3v) is 4.34. The first kappa shape index (κ1) is 11.5. The lowest BCUT2D eigenvalue weighted by Gasteiger charge is -2.23. The number of carbonyl (C=O) groups is 2. The average molecular weight is 243 g/mol. The Hall–Kier alpha value is -1.64. The van der Waals surface area contributed by atoms with Gasteiger partial charge in [-0.1, -0.05) is 25.0 Å². The molecule has 0 aromatic heterocycles. The van der Waals surface area contributed by atoms with E-state index in [1.807, 2.05) is 25.1 Å². The number of anilines is 1. The molecule has 1 N–H and O–H groups in total. The summed E-state index contributed by atoms with van der Waals surface area (Å²) in [5.41, 5.74) is 1.90. The number of hydrogen-bond acceptors (Lipinski definition) is 2. The number of nitrogens with one attached hydrogen (secondary N) is 1. The van der Waals surface area contributed by atoms with Gasteiger partial charge in [0.05, 0.1) is 11.1 Å². The van der Waals surface area contributed by atoms with E-state index in [2.05, 4.69) is 5.32 Å². The largest absolute Gasteiger partial charge is 0.325 e. The van der Waals surface area contributed by atoms with Crippen molar-refractivity contribution in [2.45, 2.75) is 39.0 Å². The normalized spacial score (nSPS) is 21.6. The van der Waals surface area contributed by atoms with Crippen LogP contribution in [0.25, 0.3) is 0 Å². The molecule has 1 fully saturated rings. The van der Waals surface area contributed by atoms with Gasteiger partial charge in [0, 0.05) is 12.0 Å². The number of carbonyl (C=O) groups excluding carboxylic acids is 2. The summed E-state index contributed by atoms with van der Waals surface area (Å²) in [7, 11) is 0. The average Bonchev–Trinajstić information content (AvgIpc) is 2.74. The third kappa shape index (κ3) is 1.57. The summed E-state index contributed by atoms with van der Waals surface area (Å²) in [5, 5.41) is 2.97. The van der Waals surface area contributed by atoms with Crippen LogP contribution < -0.4 is 5.32 Å². The monoisotopic (exact) mass is 243 g/mol. The topological polar surface area (TPSA) is 46.2 Å². The number of benzene rings is 1. The molecule has 1 heterocycles. The van der Waals surface area contributed by atoms with Gasteiger partial charge in [0.15, 0.2) is 5.78 Å². The maximum Gasteiger partial charge on any atom is 0.231 e. The molecule has 3 nitrogen and oxygen atoms in total. The second-order valence-electron chi connectivity index (χ2n) is 5.54. The van der Waals surface area contributed by atoms with Gasteiger partial charge in [0.25, 0.3) is 0 Å². The molecule has 1 spiro atoms. The van der Waals surface area contributed by atoms with E-state index in [0.29, 0.717) is 17.7 Å². The second-order valence-corrected chi connectivity index (χ2v) is 5.54. The van der Waals surface area contributed by atoms with E-state index in [4.69, 9.17) is 0 Å². The summed E-state index contributed by atoms with van der Waals surface area (Å²) >= 11 is 0. The van der Waals surface area contributed by atoms with E-state index in [0.717, 1.165) is 31.2 Å². The third-order valence-electron chi connectivity index (χ3n) is 4.34. The van der Waals surface area contributed by atoms with Crippen LogP contribution in [0.3, 0.4) is 0 Å². The lowest BCUT2D eigenvalue weighted by Crippen LogP contribution is -2.33. The van der Waals surface area contributed by atoms with Gasteiger partial charge in [-0.2, -0.15) is 0 Å². The Morgan fingerprint density at radius 1 is 1.17 bits per heavy atom. The van der Waals surface area contributed by atoms with Crippen molar-refractivity contribution in [2.75, 3.05) is 5.32 Å². The maximum atomic E-state index is 12.4. The first-order valence-corrected chi connectivity index (χ1v) is 6.57. The number of amides is 1. The molecule has 2 aliphatic rings. The minimum Gasteiger partial charge on any atom is -0.325 e. The predicted molar refractivity (Wildman–Crippen MR) is 69.7 cm³/mol. The molecule has 3 heteroatoms. The molecule has 1 saturated carbocycles. The van der Waals surface area contributed by atoms with Crippen LogP contribution in [0.1, 0.15) is 48.0 Å². The van der Waals surface area contributed by atoms with Gasteiger partial charge in [-0.3, -0.25) is 9.59 Å². The minimum absolute atomic E-state index is 0.0395. The minimum atomic E-state index is -0.442. The van der Waals surface area contributed by atoms with Crippen LogP contribution in [0.5, 0.6) is 0 Å². The van der Waals surface area contributed by atoms with Gasteiger partial charge in [-0.25, -0.2) is 0 Å². The van der Waals surface area contributed by atoms with Crippen molar-refractivity contribution < 1.29 is 9.59 Å². The smallest absolute Gasteiger partial charge is 0.231 e. The van der Waals surface area contributed by atoms with Crippen LogP contribution in [-0.2, 0) is 4.79 Å². The molecule has 0 unspecified atom stereocenters. The Labute approximate surface area is 107 Å². The number of fused-ring (bicyclic) bond motifs is 1. The maximum absolute atomic E-state index is 12.4. The van der Waals surface area contributed by atoms with Gasteiger partial charge in [-0.05, 0) is 31.4 Å². The second kappa shape index (κ2) is 3.94. The Morgan fingerprint density at radius 2 is 1.89 bits per heavy atom. The number of Topliss-reactive ketones (excluding diaryl/α,β-unsaturated/α-hetero) is 1. The molecule has 94 valence electrons. The van der Waals surface area contributed by atoms with Gasteiger partial charge in [0.1, 0.15) is 0 Å². The standard InChI is InChI=1S/C15H17NO2/c1-10-5-4-6-11-13(10)12(17)9-15(14(18)16-11)7-2-3-8-15/h4-6H,2-3,7-9H2,1H3,(H,16,18). The molecule has 1 amide bonds. The van der Waals surface area contributed by atoms with Crippen molar-refractivity contribution in [1.29, 1.82) is 0 Å². The molecule has 1 aliphatic carbocycles. The molecular formula is C15H17NO2.